The van der Waals surface area contributed by atoms with Crippen molar-refractivity contribution in [2.75, 3.05) is 28.7 Å². The molecular formula is C20H22ClN5O3S. The van der Waals surface area contributed by atoms with Gasteiger partial charge < -0.3 is 15.4 Å². The fourth-order valence-electron chi connectivity index (χ4n) is 2.69. The summed E-state index contributed by atoms with van der Waals surface area (Å²) < 4.78 is 31.1. The van der Waals surface area contributed by atoms with E-state index in [0.29, 0.717) is 28.9 Å². The van der Waals surface area contributed by atoms with Crippen molar-refractivity contribution in [1.82, 2.24) is 9.97 Å². The van der Waals surface area contributed by atoms with Crippen molar-refractivity contribution >= 4 is 50.5 Å². The van der Waals surface area contributed by atoms with Crippen molar-refractivity contribution < 1.29 is 13.2 Å². The molecule has 30 heavy (non-hydrogen) atoms. The Balaban J connectivity index is 1.93. The van der Waals surface area contributed by atoms with Gasteiger partial charge in [0.2, 0.25) is 16.0 Å². The normalized spacial score (nSPS) is 11.1. The molecule has 0 aliphatic rings. The van der Waals surface area contributed by atoms with Gasteiger partial charge in [0.25, 0.3) is 0 Å². The smallest absolute Gasteiger partial charge is 0.229 e. The number of aryl methyl sites for hydroxylation is 1. The third-order valence-corrected chi connectivity index (χ3v) is 5.24. The zero-order valence-electron chi connectivity index (χ0n) is 16.9. The quantitative estimate of drug-likeness (QED) is 0.485. The number of rotatable bonds is 7. The third-order valence-electron chi connectivity index (χ3n) is 4.37. The zero-order valence-corrected chi connectivity index (χ0v) is 18.5. The standard InChI is InChI=1S/C20H22ClN5O3S/c1-12-6-5-7-16(13(12)2)24-20-22-11-15(21)19(25-20)23-17-9-8-14(29-3)10-18(17)26-30(4,27)28/h5-11,26H,1-4H3,(H2,22,23,24,25). The summed E-state index contributed by atoms with van der Waals surface area (Å²) in [5.74, 6) is 1.17. The molecule has 0 radical (unpaired) electrons. The number of anilines is 5. The number of halogens is 1. The molecule has 8 nitrogen and oxygen atoms in total. The van der Waals surface area contributed by atoms with Crippen molar-refractivity contribution in [3.05, 3.63) is 58.7 Å². The van der Waals surface area contributed by atoms with Crippen LogP contribution >= 0.6 is 11.6 Å². The lowest BCUT2D eigenvalue weighted by Gasteiger charge is -2.15. The van der Waals surface area contributed by atoms with Crippen LogP contribution in [0.25, 0.3) is 0 Å². The van der Waals surface area contributed by atoms with Gasteiger partial charge in [0.1, 0.15) is 10.8 Å². The van der Waals surface area contributed by atoms with E-state index in [1.165, 1.54) is 13.3 Å². The van der Waals surface area contributed by atoms with Crippen LogP contribution in [-0.2, 0) is 10.0 Å². The first-order chi connectivity index (χ1) is 14.2. The van der Waals surface area contributed by atoms with E-state index in [1.54, 1.807) is 18.2 Å². The summed E-state index contributed by atoms with van der Waals surface area (Å²) in [6.07, 6.45) is 2.54. The Kier molecular flexibility index (Phi) is 6.33. The number of sulfonamides is 1. The molecule has 1 heterocycles. The van der Waals surface area contributed by atoms with E-state index in [0.717, 1.165) is 23.1 Å². The lowest BCUT2D eigenvalue weighted by molar-refractivity contribution is 0.415. The molecule has 0 bridgehead atoms. The molecule has 3 rings (SSSR count). The van der Waals surface area contributed by atoms with Gasteiger partial charge in [-0.1, -0.05) is 23.7 Å². The Morgan fingerprint density at radius 2 is 1.80 bits per heavy atom. The fourth-order valence-corrected chi connectivity index (χ4v) is 3.40. The molecule has 3 N–H and O–H groups in total. The SMILES string of the molecule is COc1ccc(Nc2nc(Nc3cccc(C)c3C)ncc2Cl)c(NS(C)(=O)=O)c1. The van der Waals surface area contributed by atoms with Crippen LogP contribution in [0.4, 0.5) is 28.8 Å². The van der Waals surface area contributed by atoms with Gasteiger partial charge in [-0.05, 0) is 43.2 Å². The summed E-state index contributed by atoms with van der Waals surface area (Å²) in [5.41, 5.74) is 3.87. The molecule has 0 saturated carbocycles. The van der Waals surface area contributed by atoms with Crippen LogP contribution in [0.15, 0.2) is 42.6 Å². The highest BCUT2D eigenvalue weighted by atomic mass is 35.5. The molecule has 0 amide bonds. The van der Waals surface area contributed by atoms with E-state index in [4.69, 9.17) is 16.3 Å². The maximum absolute atomic E-state index is 11.7. The molecule has 10 heteroatoms. The number of aromatic nitrogens is 2. The van der Waals surface area contributed by atoms with Gasteiger partial charge in [-0.25, -0.2) is 13.4 Å². The summed E-state index contributed by atoms with van der Waals surface area (Å²) in [7, 11) is -2.01. The van der Waals surface area contributed by atoms with Crippen LogP contribution in [0.1, 0.15) is 11.1 Å². The fraction of sp³-hybridized carbons (Fsp3) is 0.200. The second-order valence-electron chi connectivity index (χ2n) is 6.67. The number of hydrogen-bond donors (Lipinski definition) is 3. The molecular weight excluding hydrogens is 426 g/mol. The number of nitrogens with one attached hydrogen (secondary N) is 3. The Morgan fingerprint density at radius 1 is 1.03 bits per heavy atom. The minimum absolute atomic E-state index is 0.280. The highest BCUT2D eigenvalue weighted by Crippen LogP contribution is 2.32. The van der Waals surface area contributed by atoms with Crippen molar-refractivity contribution in [1.29, 1.82) is 0 Å². The van der Waals surface area contributed by atoms with Crippen LogP contribution in [0.5, 0.6) is 5.75 Å². The molecule has 0 saturated heterocycles. The summed E-state index contributed by atoms with van der Waals surface area (Å²) in [6.45, 7) is 4.03. The van der Waals surface area contributed by atoms with Crippen LogP contribution in [0, 0.1) is 13.8 Å². The lowest BCUT2D eigenvalue weighted by Crippen LogP contribution is -2.11. The van der Waals surface area contributed by atoms with Crippen LogP contribution in [-0.4, -0.2) is 31.8 Å². The van der Waals surface area contributed by atoms with E-state index in [9.17, 15) is 8.42 Å². The van der Waals surface area contributed by atoms with Gasteiger partial charge in [-0.2, -0.15) is 4.98 Å². The van der Waals surface area contributed by atoms with Crippen LogP contribution < -0.4 is 20.1 Å². The van der Waals surface area contributed by atoms with Crippen molar-refractivity contribution in [3.63, 3.8) is 0 Å². The first kappa shape index (κ1) is 21.7. The average Bonchev–Trinajstić information content (AvgIpc) is 2.68. The van der Waals surface area contributed by atoms with Crippen molar-refractivity contribution in [2.24, 2.45) is 0 Å². The van der Waals surface area contributed by atoms with Crippen LogP contribution in [0.3, 0.4) is 0 Å². The molecule has 0 unspecified atom stereocenters. The number of nitrogens with zero attached hydrogens (tertiary/aromatic N) is 2. The van der Waals surface area contributed by atoms with E-state index in [-0.39, 0.29) is 5.02 Å². The van der Waals surface area contributed by atoms with Gasteiger partial charge in [0.05, 0.1) is 30.9 Å². The Hall–Kier alpha value is -3.04. The summed E-state index contributed by atoms with van der Waals surface area (Å²) in [4.78, 5) is 8.67. The Morgan fingerprint density at radius 3 is 2.50 bits per heavy atom. The van der Waals surface area contributed by atoms with Gasteiger partial charge in [-0.15, -0.1) is 0 Å². The summed E-state index contributed by atoms with van der Waals surface area (Å²) in [5, 5.41) is 6.53. The Labute approximate surface area is 180 Å². The molecule has 1 aromatic heterocycles. The first-order valence-corrected chi connectivity index (χ1v) is 11.2. The van der Waals surface area contributed by atoms with Crippen molar-refractivity contribution in [3.8, 4) is 5.75 Å². The lowest BCUT2D eigenvalue weighted by atomic mass is 10.1. The first-order valence-electron chi connectivity index (χ1n) is 8.95. The van der Waals surface area contributed by atoms with Gasteiger partial charge in [0, 0.05) is 11.8 Å². The number of ether oxygens (including phenoxy) is 1. The molecule has 2 aromatic carbocycles. The monoisotopic (exact) mass is 447 g/mol. The van der Waals surface area contributed by atoms with Gasteiger partial charge in [0.15, 0.2) is 5.82 Å². The molecule has 0 spiro atoms. The third kappa shape index (κ3) is 5.31. The summed E-state index contributed by atoms with van der Waals surface area (Å²) in [6, 6.07) is 10.8. The minimum atomic E-state index is -3.51. The molecule has 0 fully saturated rings. The molecule has 158 valence electrons. The maximum atomic E-state index is 11.7. The van der Waals surface area contributed by atoms with E-state index in [1.807, 2.05) is 32.0 Å². The number of methoxy groups -OCH3 is 1. The minimum Gasteiger partial charge on any atom is -0.497 e. The van der Waals surface area contributed by atoms with E-state index < -0.39 is 10.0 Å². The number of benzene rings is 2. The summed E-state index contributed by atoms with van der Waals surface area (Å²) >= 11 is 6.27. The highest BCUT2D eigenvalue weighted by Gasteiger charge is 2.13. The van der Waals surface area contributed by atoms with E-state index in [2.05, 4.69) is 25.3 Å². The predicted molar refractivity (Wildman–Crippen MR) is 121 cm³/mol. The topological polar surface area (TPSA) is 105 Å². The maximum Gasteiger partial charge on any atom is 0.229 e. The second-order valence-corrected chi connectivity index (χ2v) is 8.83. The predicted octanol–water partition coefficient (Wildman–Crippen LogP) is 4.61. The average molecular weight is 448 g/mol. The zero-order chi connectivity index (χ0) is 21.9. The van der Waals surface area contributed by atoms with Crippen molar-refractivity contribution in [2.45, 2.75) is 13.8 Å². The Bertz CT molecular complexity index is 1190. The largest absolute Gasteiger partial charge is 0.497 e. The van der Waals surface area contributed by atoms with Crippen LogP contribution in [0.2, 0.25) is 5.02 Å². The second kappa shape index (κ2) is 8.76. The molecule has 0 aliphatic carbocycles. The number of hydrogen-bond acceptors (Lipinski definition) is 7. The molecule has 0 atom stereocenters. The highest BCUT2D eigenvalue weighted by molar-refractivity contribution is 7.92. The van der Waals surface area contributed by atoms with Gasteiger partial charge in [-0.3, -0.25) is 4.72 Å². The van der Waals surface area contributed by atoms with Gasteiger partial charge >= 0.3 is 0 Å². The van der Waals surface area contributed by atoms with E-state index >= 15 is 0 Å². The molecule has 3 aromatic rings. The molecule has 0 aliphatic heterocycles.